The molecule has 0 unspecified atom stereocenters. The van der Waals surface area contributed by atoms with Crippen LogP contribution >= 0.6 is 0 Å². The number of ether oxygens (including phenoxy) is 1. The zero-order chi connectivity index (χ0) is 15.0. The van der Waals surface area contributed by atoms with Gasteiger partial charge >= 0.3 is 5.97 Å². The summed E-state index contributed by atoms with van der Waals surface area (Å²) >= 11 is 0. The van der Waals surface area contributed by atoms with Gasteiger partial charge in [0.25, 0.3) is 5.69 Å². The van der Waals surface area contributed by atoms with Gasteiger partial charge in [0.15, 0.2) is 0 Å². The smallest absolute Gasteiger partial charge is 0.321 e. The van der Waals surface area contributed by atoms with Crippen molar-refractivity contribution >= 4 is 11.7 Å². The molecule has 2 aromatic rings. The van der Waals surface area contributed by atoms with Crippen molar-refractivity contribution in [3.63, 3.8) is 0 Å². The fourth-order valence-electron chi connectivity index (χ4n) is 2.17. The van der Waals surface area contributed by atoms with Crippen LogP contribution in [0.3, 0.4) is 0 Å². The molecule has 21 heavy (non-hydrogen) atoms. The van der Waals surface area contributed by atoms with Crippen LogP contribution in [0.15, 0.2) is 28.8 Å². The third-order valence-electron chi connectivity index (χ3n) is 3.50. The largest absolute Gasteiger partial charge is 0.468 e. The lowest BCUT2D eigenvalue weighted by Gasteiger charge is -2.05. The van der Waals surface area contributed by atoms with Gasteiger partial charge in [-0.2, -0.15) is 4.98 Å². The Morgan fingerprint density at radius 2 is 2.14 bits per heavy atom. The summed E-state index contributed by atoms with van der Waals surface area (Å²) in [6.07, 6.45) is 1.14. The first-order chi connectivity index (χ1) is 10.1. The average Bonchev–Trinajstić information content (AvgIpc) is 3.16. The van der Waals surface area contributed by atoms with Crippen molar-refractivity contribution in [2.24, 2.45) is 0 Å². The minimum absolute atomic E-state index is 0.0903. The van der Waals surface area contributed by atoms with E-state index in [1.807, 2.05) is 0 Å². The summed E-state index contributed by atoms with van der Waals surface area (Å²) in [6.45, 7) is 0. The van der Waals surface area contributed by atoms with Crippen molar-refractivity contribution in [2.45, 2.75) is 18.3 Å². The molecular formula is C13H11N3O5. The highest BCUT2D eigenvalue weighted by molar-refractivity contribution is 5.85. The zero-order valence-corrected chi connectivity index (χ0v) is 11.1. The molecule has 1 aromatic carbocycles. The summed E-state index contributed by atoms with van der Waals surface area (Å²) in [7, 11) is 1.29. The van der Waals surface area contributed by atoms with Gasteiger partial charge in [-0.3, -0.25) is 14.9 Å². The number of nitro benzene ring substituents is 1. The molecule has 0 radical (unpaired) electrons. The van der Waals surface area contributed by atoms with E-state index in [0.29, 0.717) is 12.8 Å². The van der Waals surface area contributed by atoms with Gasteiger partial charge in [0, 0.05) is 6.07 Å². The van der Waals surface area contributed by atoms with Crippen LogP contribution in [0.1, 0.15) is 18.7 Å². The van der Waals surface area contributed by atoms with Crippen LogP contribution < -0.4 is 0 Å². The van der Waals surface area contributed by atoms with E-state index >= 15 is 0 Å². The number of methoxy groups -OCH3 is 1. The second-order valence-electron chi connectivity index (χ2n) is 4.77. The van der Waals surface area contributed by atoms with Crippen LogP contribution in [-0.4, -0.2) is 28.1 Å². The molecule has 3 rings (SSSR count). The van der Waals surface area contributed by atoms with Crippen LogP contribution in [0.5, 0.6) is 0 Å². The summed E-state index contributed by atoms with van der Waals surface area (Å²) < 4.78 is 9.85. The highest BCUT2D eigenvalue weighted by atomic mass is 16.6. The quantitative estimate of drug-likeness (QED) is 0.480. The second kappa shape index (κ2) is 4.65. The van der Waals surface area contributed by atoms with Gasteiger partial charge in [0.2, 0.25) is 11.7 Å². The number of rotatable bonds is 4. The van der Waals surface area contributed by atoms with E-state index in [0.717, 1.165) is 0 Å². The van der Waals surface area contributed by atoms with E-state index in [1.54, 1.807) is 12.1 Å². The first-order valence-electron chi connectivity index (χ1n) is 6.25. The molecule has 0 saturated heterocycles. The van der Waals surface area contributed by atoms with Gasteiger partial charge in [-0.1, -0.05) is 17.3 Å². The lowest BCUT2D eigenvalue weighted by molar-refractivity contribution is -0.384. The molecule has 1 heterocycles. The number of hydrogen-bond donors (Lipinski definition) is 0. The molecule has 0 bridgehead atoms. The number of esters is 1. The highest BCUT2D eigenvalue weighted by Crippen LogP contribution is 2.48. The summed E-state index contributed by atoms with van der Waals surface area (Å²) in [5.41, 5.74) is -0.755. The number of carbonyl (C=O) groups is 1. The van der Waals surface area contributed by atoms with Crippen molar-refractivity contribution < 1.29 is 19.0 Å². The van der Waals surface area contributed by atoms with Crippen molar-refractivity contribution in [2.75, 3.05) is 7.11 Å². The first-order valence-corrected chi connectivity index (χ1v) is 6.25. The fourth-order valence-corrected chi connectivity index (χ4v) is 2.17. The van der Waals surface area contributed by atoms with Crippen LogP contribution in [0.25, 0.3) is 11.4 Å². The molecule has 108 valence electrons. The van der Waals surface area contributed by atoms with Crippen molar-refractivity contribution in [1.29, 1.82) is 0 Å². The molecule has 1 aliphatic rings. The van der Waals surface area contributed by atoms with Crippen molar-refractivity contribution in [1.82, 2.24) is 10.1 Å². The normalized spacial score (nSPS) is 15.5. The van der Waals surface area contributed by atoms with Crippen molar-refractivity contribution in [3.8, 4) is 11.4 Å². The predicted octanol–water partition coefficient (Wildman–Crippen LogP) is 1.85. The van der Waals surface area contributed by atoms with Crippen LogP contribution in [0, 0.1) is 10.1 Å². The molecule has 0 amide bonds. The van der Waals surface area contributed by atoms with Gasteiger partial charge in [0.1, 0.15) is 11.0 Å². The average molecular weight is 289 g/mol. The highest BCUT2D eigenvalue weighted by Gasteiger charge is 2.57. The topological polar surface area (TPSA) is 108 Å². The molecule has 1 aromatic heterocycles. The molecule has 0 spiro atoms. The first kappa shape index (κ1) is 13.2. The van der Waals surface area contributed by atoms with Gasteiger partial charge < -0.3 is 9.26 Å². The van der Waals surface area contributed by atoms with E-state index in [4.69, 9.17) is 9.26 Å². The van der Waals surface area contributed by atoms with Gasteiger partial charge in [-0.15, -0.1) is 0 Å². The number of aromatic nitrogens is 2. The third kappa shape index (κ3) is 2.04. The Bertz CT molecular complexity index is 720. The monoisotopic (exact) mass is 289 g/mol. The Morgan fingerprint density at radius 1 is 1.43 bits per heavy atom. The summed E-state index contributed by atoms with van der Waals surface area (Å²) in [5, 5.41) is 14.8. The van der Waals surface area contributed by atoms with E-state index < -0.39 is 16.3 Å². The SMILES string of the molecule is COC(=O)C1(c2nc(-c3ccccc3[N+](=O)[O-])no2)CC1. The molecule has 0 N–H and O–H groups in total. The Morgan fingerprint density at radius 3 is 2.76 bits per heavy atom. The summed E-state index contributed by atoms with van der Waals surface area (Å²) in [4.78, 5) is 26.4. The van der Waals surface area contributed by atoms with Crippen LogP contribution in [0.2, 0.25) is 0 Å². The lowest BCUT2D eigenvalue weighted by atomic mass is 10.1. The number of nitrogens with zero attached hydrogens (tertiary/aromatic N) is 3. The Balaban J connectivity index is 2.00. The Kier molecular flexibility index (Phi) is 2.93. The zero-order valence-electron chi connectivity index (χ0n) is 11.1. The standard InChI is InChI=1S/C13H11N3O5/c1-20-12(17)13(6-7-13)11-14-10(15-21-11)8-4-2-3-5-9(8)16(18)19/h2-5H,6-7H2,1H3. The lowest BCUT2D eigenvalue weighted by Crippen LogP contribution is -2.22. The Labute approximate surface area is 118 Å². The number of benzene rings is 1. The summed E-state index contributed by atoms with van der Waals surface area (Å²) in [5.74, 6) is -0.199. The molecular weight excluding hydrogens is 278 g/mol. The van der Waals surface area contributed by atoms with E-state index in [9.17, 15) is 14.9 Å². The van der Waals surface area contributed by atoms with Gasteiger partial charge in [-0.25, -0.2) is 0 Å². The van der Waals surface area contributed by atoms with Crippen LogP contribution in [-0.2, 0) is 14.9 Å². The maximum absolute atomic E-state index is 11.8. The molecule has 8 nitrogen and oxygen atoms in total. The Hall–Kier alpha value is -2.77. The molecule has 0 atom stereocenters. The minimum atomic E-state index is -0.885. The fraction of sp³-hybridized carbons (Fsp3) is 0.308. The summed E-state index contributed by atoms with van der Waals surface area (Å²) in [6, 6.07) is 6.09. The third-order valence-corrected chi connectivity index (χ3v) is 3.50. The maximum atomic E-state index is 11.8. The molecule has 1 aliphatic carbocycles. The van der Waals surface area contributed by atoms with E-state index in [-0.39, 0.29) is 23.0 Å². The van der Waals surface area contributed by atoms with Crippen LogP contribution in [0.4, 0.5) is 5.69 Å². The number of hydrogen-bond acceptors (Lipinski definition) is 7. The van der Waals surface area contributed by atoms with E-state index in [1.165, 1.54) is 19.2 Å². The van der Waals surface area contributed by atoms with E-state index in [2.05, 4.69) is 10.1 Å². The molecule has 1 saturated carbocycles. The minimum Gasteiger partial charge on any atom is -0.468 e. The predicted molar refractivity (Wildman–Crippen MR) is 69.3 cm³/mol. The maximum Gasteiger partial charge on any atom is 0.321 e. The second-order valence-corrected chi connectivity index (χ2v) is 4.77. The molecule has 0 aliphatic heterocycles. The van der Waals surface area contributed by atoms with Gasteiger partial charge in [0.05, 0.1) is 12.0 Å². The number of para-hydroxylation sites is 1. The number of carbonyl (C=O) groups excluding carboxylic acids is 1. The van der Waals surface area contributed by atoms with Gasteiger partial charge in [-0.05, 0) is 18.9 Å². The van der Waals surface area contributed by atoms with Crippen molar-refractivity contribution in [3.05, 3.63) is 40.3 Å². The molecule has 1 fully saturated rings. The number of nitro groups is 1. The molecule has 8 heteroatoms.